The molecule has 0 fully saturated rings. The first-order valence-corrected chi connectivity index (χ1v) is 9.72. The van der Waals surface area contributed by atoms with Crippen LogP contribution in [-0.2, 0) is 18.3 Å². The molecule has 2 aromatic heterocycles. The molecule has 0 aliphatic rings. The molecule has 0 spiro atoms. The number of rotatable bonds is 9. The summed E-state index contributed by atoms with van der Waals surface area (Å²) in [6, 6.07) is 7.26. The largest absolute Gasteiger partial charge is 0.497 e. The lowest BCUT2D eigenvalue weighted by molar-refractivity contribution is -0.000105. The number of ether oxygens (including phenoxy) is 2. The smallest absolute Gasteiger partial charge is 0.329 e. The number of fused-ring (bicyclic) bond motifs is 1. The fourth-order valence-corrected chi connectivity index (χ4v) is 2.92. The van der Waals surface area contributed by atoms with E-state index in [0.717, 1.165) is 11.3 Å². The summed E-state index contributed by atoms with van der Waals surface area (Å²) in [5, 5.41) is 14.6. The first-order chi connectivity index (χ1) is 14.8. The maximum atomic E-state index is 12.5. The van der Waals surface area contributed by atoms with Gasteiger partial charge in [-0.1, -0.05) is 0 Å². The topological polar surface area (TPSA) is 136 Å². The van der Waals surface area contributed by atoms with Crippen LogP contribution >= 0.6 is 0 Å². The van der Waals surface area contributed by atoms with Crippen LogP contribution in [0.15, 0.2) is 39.0 Å². The van der Waals surface area contributed by atoms with Crippen molar-refractivity contribution in [2.75, 3.05) is 19.1 Å². The Kier molecular flexibility index (Phi) is 6.88. The summed E-state index contributed by atoms with van der Waals surface area (Å²) in [5.74, 6) is 0.930. The molecule has 0 amide bonds. The van der Waals surface area contributed by atoms with Crippen molar-refractivity contribution in [1.29, 1.82) is 0 Å². The van der Waals surface area contributed by atoms with Crippen LogP contribution in [0.1, 0.15) is 19.4 Å². The number of methoxy groups -OCH3 is 1. The molecule has 2 heterocycles. The van der Waals surface area contributed by atoms with Crippen LogP contribution in [0.2, 0.25) is 0 Å². The number of aliphatic hydroxyl groups excluding tert-OH is 1. The van der Waals surface area contributed by atoms with Gasteiger partial charge in [0.1, 0.15) is 5.75 Å². The quantitative estimate of drug-likeness (QED) is 0.335. The first kappa shape index (κ1) is 22.2. The highest BCUT2D eigenvalue weighted by Gasteiger charge is 2.19. The van der Waals surface area contributed by atoms with Crippen molar-refractivity contribution >= 4 is 23.3 Å². The number of hydrogen-bond acceptors (Lipinski definition) is 8. The number of nitrogens with zero attached hydrogens (tertiary/aromatic N) is 4. The fourth-order valence-electron chi connectivity index (χ4n) is 2.92. The third-order valence-electron chi connectivity index (χ3n) is 4.52. The highest BCUT2D eigenvalue weighted by atomic mass is 16.5. The summed E-state index contributed by atoms with van der Waals surface area (Å²) < 4.78 is 13.3. The number of hydrazone groups is 1. The van der Waals surface area contributed by atoms with Gasteiger partial charge in [-0.3, -0.25) is 14.3 Å². The van der Waals surface area contributed by atoms with Gasteiger partial charge in [0, 0.05) is 7.05 Å². The maximum Gasteiger partial charge on any atom is 0.329 e. The molecule has 3 aromatic rings. The Morgan fingerprint density at radius 3 is 2.65 bits per heavy atom. The van der Waals surface area contributed by atoms with Gasteiger partial charge in [0.25, 0.3) is 5.56 Å². The molecule has 31 heavy (non-hydrogen) atoms. The normalized spacial score (nSPS) is 12.7. The Labute approximate surface area is 178 Å². The Morgan fingerprint density at radius 2 is 2.00 bits per heavy atom. The SMILES string of the molecule is COc1ccc(/C=N\Nc2nc3c(c(=O)[nH]c(=O)n3C)n2C[C@@H](O)COC(C)C)cc1. The van der Waals surface area contributed by atoms with Gasteiger partial charge in [0.2, 0.25) is 5.95 Å². The van der Waals surface area contributed by atoms with Crippen LogP contribution in [0, 0.1) is 0 Å². The standard InChI is InChI=1S/C20H26N6O5/c1-12(2)31-11-14(27)10-26-16-17(25(3)20(29)23-18(16)28)22-19(26)24-21-9-13-5-7-15(30-4)8-6-13/h5-9,12,14,27H,10-11H2,1-4H3,(H,22,24)(H,23,28,29)/b21-9-/t14-/m1/s1. The second-order valence-electron chi connectivity index (χ2n) is 7.22. The second-order valence-corrected chi connectivity index (χ2v) is 7.22. The Bertz CT molecular complexity index is 1180. The van der Waals surface area contributed by atoms with Crippen molar-refractivity contribution in [3.63, 3.8) is 0 Å². The molecule has 0 bridgehead atoms. The Hall–Kier alpha value is -3.44. The Morgan fingerprint density at radius 1 is 1.29 bits per heavy atom. The second kappa shape index (κ2) is 9.58. The zero-order valence-electron chi connectivity index (χ0n) is 17.8. The number of aromatic amines is 1. The number of imidazole rings is 1. The summed E-state index contributed by atoms with van der Waals surface area (Å²) in [4.78, 5) is 31.0. The zero-order chi connectivity index (χ0) is 22.5. The van der Waals surface area contributed by atoms with Gasteiger partial charge >= 0.3 is 5.69 Å². The lowest BCUT2D eigenvalue weighted by Crippen LogP contribution is -2.30. The van der Waals surface area contributed by atoms with E-state index in [4.69, 9.17) is 9.47 Å². The van der Waals surface area contributed by atoms with Crippen LogP contribution in [0.5, 0.6) is 5.75 Å². The monoisotopic (exact) mass is 430 g/mol. The van der Waals surface area contributed by atoms with Crippen LogP contribution in [0.4, 0.5) is 5.95 Å². The van der Waals surface area contributed by atoms with Crippen molar-refractivity contribution in [1.82, 2.24) is 19.1 Å². The lowest BCUT2D eigenvalue weighted by atomic mass is 10.2. The van der Waals surface area contributed by atoms with Crippen LogP contribution in [0.3, 0.4) is 0 Å². The van der Waals surface area contributed by atoms with Crippen molar-refractivity contribution in [3.8, 4) is 5.75 Å². The first-order valence-electron chi connectivity index (χ1n) is 9.72. The highest BCUT2D eigenvalue weighted by Crippen LogP contribution is 2.16. The van der Waals surface area contributed by atoms with Gasteiger partial charge in [-0.15, -0.1) is 0 Å². The van der Waals surface area contributed by atoms with E-state index in [2.05, 4.69) is 20.5 Å². The maximum absolute atomic E-state index is 12.5. The Balaban J connectivity index is 1.93. The van der Waals surface area contributed by atoms with E-state index in [9.17, 15) is 14.7 Å². The molecule has 166 valence electrons. The average Bonchev–Trinajstić information content (AvgIpc) is 3.10. The molecule has 3 rings (SSSR count). The van der Waals surface area contributed by atoms with Gasteiger partial charge in [-0.2, -0.15) is 10.1 Å². The summed E-state index contributed by atoms with van der Waals surface area (Å²) in [5.41, 5.74) is 2.74. The molecule has 0 unspecified atom stereocenters. The van der Waals surface area contributed by atoms with E-state index in [1.807, 2.05) is 26.0 Å². The molecule has 0 aliphatic heterocycles. The van der Waals surface area contributed by atoms with Gasteiger partial charge < -0.3 is 19.1 Å². The molecular weight excluding hydrogens is 404 g/mol. The molecule has 1 aromatic carbocycles. The van der Waals surface area contributed by atoms with Crippen molar-refractivity contribution < 1.29 is 14.6 Å². The van der Waals surface area contributed by atoms with Crippen molar-refractivity contribution in [2.45, 2.75) is 32.6 Å². The van der Waals surface area contributed by atoms with Gasteiger partial charge in [-0.05, 0) is 43.7 Å². The van der Waals surface area contributed by atoms with Crippen LogP contribution in [0.25, 0.3) is 11.2 Å². The van der Waals surface area contributed by atoms with Gasteiger partial charge in [0.05, 0.1) is 38.7 Å². The molecule has 0 aliphatic carbocycles. The highest BCUT2D eigenvalue weighted by molar-refractivity contribution is 5.80. The minimum atomic E-state index is -0.900. The van der Waals surface area contributed by atoms with Crippen molar-refractivity contribution in [3.05, 3.63) is 50.7 Å². The van der Waals surface area contributed by atoms with Crippen LogP contribution in [-0.4, -0.2) is 56.3 Å². The molecular formula is C20H26N6O5. The molecule has 0 saturated heterocycles. The number of aryl methyl sites for hydroxylation is 1. The van der Waals surface area contributed by atoms with Crippen LogP contribution < -0.4 is 21.4 Å². The van der Waals surface area contributed by atoms with Gasteiger partial charge in [-0.25, -0.2) is 10.2 Å². The van der Waals surface area contributed by atoms with E-state index >= 15 is 0 Å². The molecule has 11 nitrogen and oxygen atoms in total. The number of aromatic nitrogens is 4. The average molecular weight is 430 g/mol. The molecule has 0 radical (unpaired) electrons. The van der Waals surface area contributed by atoms with E-state index in [1.165, 1.54) is 16.2 Å². The third kappa shape index (κ3) is 5.19. The number of aliphatic hydroxyl groups is 1. The predicted molar refractivity (Wildman–Crippen MR) is 117 cm³/mol. The fraction of sp³-hybridized carbons (Fsp3) is 0.400. The summed E-state index contributed by atoms with van der Waals surface area (Å²) >= 11 is 0. The molecule has 11 heteroatoms. The van der Waals surface area contributed by atoms with E-state index in [0.29, 0.717) is 0 Å². The zero-order valence-corrected chi connectivity index (χ0v) is 17.8. The lowest BCUT2D eigenvalue weighted by Gasteiger charge is -2.15. The van der Waals surface area contributed by atoms with Gasteiger partial charge in [0.15, 0.2) is 11.2 Å². The number of benzene rings is 1. The summed E-state index contributed by atoms with van der Waals surface area (Å²) in [7, 11) is 3.09. The molecule has 1 atom stereocenters. The number of nitrogens with one attached hydrogen (secondary N) is 2. The third-order valence-corrected chi connectivity index (χ3v) is 4.52. The minimum Gasteiger partial charge on any atom is -0.497 e. The summed E-state index contributed by atoms with van der Waals surface area (Å²) in [6.07, 6.45) is 0.623. The number of hydrogen-bond donors (Lipinski definition) is 3. The van der Waals surface area contributed by atoms with E-state index < -0.39 is 17.4 Å². The summed E-state index contributed by atoms with van der Waals surface area (Å²) in [6.45, 7) is 3.82. The predicted octanol–water partition coefficient (Wildman–Crippen LogP) is 0.664. The molecule has 0 saturated carbocycles. The van der Waals surface area contributed by atoms with E-state index in [-0.39, 0.29) is 36.4 Å². The van der Waals surface area contributed by atoms with E-state index in [1.54, 1.807) is 25.5 Å². The number of anilines is 1. The molecule has 3 N–H and O–H groups in total. The van der Waals surface area contributed by atoms with Crippen molar-refractivity contribution in [2.24, 2.45) is 12.1 Å². The number of H-pyrrole nitrogens is 1. The minimum absolute atomic E-state index is 0.0187.